The molecule has 1 rings (SSSR count). The molecule has 2 N–H and O–H groups in total. The van der Waals surface area contributed by atoms with Crippen LogP contribution >= 0.6 is 0 Å². The lowest BCUT2D eigenvalue weighted by atomic mass is 10.6. The maximum Gasteiger partial charge on any atom is 0.194 e. The molecular weight excluding hydrogens is 128 g/mol. The van der Waals surface area contributed by atoms with Crippen LogP contribution in [-0.4, -0.2) is 23.2 Å². The zero-order valence-electron chi connectivity index (χ0n) is 6.05. The largest absolute Gasteiger partial charge is 0.372 e. The first-order valence-corrected chi connectivity index (χ1v) is 3.08. The molecule has 0 aliphatic rings. The Balaban J connectivity index is 2.90. The summed E-state index contributed by atoms with van der Waals surface area (Å²) in [4.78, 5) is 10.9. The monoisotopic (exact) mass is 138 g/mol. The molecule has 1 heterocycles. The van der Waals surface area contributed by atoms with E-state index >= 15 is 0 Å². The first kappa shape index (κ1) is 6.80. The molecule has 4 nitrogen and oxygen atoms in total. The van der Waals surface area contributed by atoms with Gasteiger partial charge in [0.2, 0.25) is 0 Å². The molecule has 0 saturated heterocycles. The van der Waals surface area contributed by atoms with Crippen molar-refractivity contribution in [2.45, 2.75) is 6.92 Å². The molecule has 1 aromatic rings. The fourth-order valence-electron chi connectivity index (χ4n) is 0.691. The number of H-pyrrole nitrogens is 1. The second-order valence-corrected chi connectivity index (χ2v) is 1.74. The molecule has 0 saturated carbocycles. The van der Waals surface area contributed by atoms with Crippen molar-refractivity contribution < 1.29 is 0 Å². The van der Waals surface area contributed by atoms with Crippen molar-refractivity contribution in [3.8, 4) is 0 Å². The summed E-state index contributed by atoms with van der Waals surface area (Å²) >= 11 is 0. The van der Waals surface area contributed by atoms with Crippen molar-refractivity contribution in [3.63, 3.8) is 0 Å². The predicted octanol–water partition coefficient (Wildman–Crippen LogP) is 1.17. The molecule has 0 spiro atoms. The molecule has 0 radical (unpaired) electrons. The molecule has 4 heteroatoms. The Bertz CT molecular complexity index is 225. The Morgan fingerprint density at radius 3 is 3.20 bits per heavy atom. The van der Waals surface area contributed by atoms with Crippen molar-refractivity contribution in [2.75, 3.05) is 12.4 Å². The summed E-state index contributed by atoms with van der Waals surface area (Å²) in [7, 11) is 1.82. The van der Waals surface area contributed by atoms with Crippen LogP contribution in [0.15, 0.2) is 11.3 Å². The molecular formula is C6H10N4. The number of aliphatic imine (C=N–C) groups is 1. The Labute approximate surface area is 59.4 Å². The summed E-state index contributed by atoms with van der Waals surface area (Å²) in [6.45, 7) is 1.86. The fraction of sp³-hybridized carbons (Fsp3) is 0.333. The normalized spacial score (nSPS) is 10.6. The fourth-order valence-corrected chi connectivity index (χ4v) is 0.691. The maximum absolute atomic E-state index is 4.01. The van der Waals surface area contributed by atoms with Crippen LogP contribution in [0.3, 0.4) is 0 Å². The van der Waals surface area contributed by atoms with E-state index in [1.165, 1.54) is 0 Å². The topological polar surface area (TPSA) is 53.1 Å². The Kier molecular flexibility index (Phi) is 2.04. The van der Waals surface area contributed by atoms with Gasteiger partial charge in [-0.1, -0.05) is 0 Å². The molecule has 0 amide bonds. The van der Waals surface area contributed by atoms with E-state index in [0.29, 0.717) is 5.82 Å². The van der Waals surface area contributed by atoms with Crippen molar-refractivity contribution in [1.82, 2.24) is 9.97 Å². The van der Waals surface area contributed by atoms with Crippen molar-refractivity contribution in [2.24, 2.45) is 4.99 Å². The summed E-state index contributed by atoms with van der Waals surface area (Å²) in [6, 6.07) is 0. The van der Waals surface area contributed by atoms with Gasteiger partial charge >= 0.3 is 0 Å². The second kappa shape index (κ2) is 3.00. The Morgan fingerprint density at radius 2 is 2.60 bits per heavy atom. The zero-order valence-corrected chi connectivity index (χ0v) is 6.05. The lowest BCUT2D eigenvalue weighted by Crippen LogP contribution is -1.86. The molecule has 54 valence electrons. The SMILES string of the molecule is C/C=N\c1nc[nH]c1NC. The van der Waals surface area contributed by atoms with Gasteiger partial charge in [0, 0.05) is 13.3 Å². The first-order valence-electron chi connectivity index (χ1n) is 3.08. The van der Waals surface area contributed by atoms with Crippen molar-refractivity contribution >= 4 is 17.9 Å². The van der Waals surface area contributed by atoms with E-state index in [1.54, 1.807) is 12.5 Å². The second-order valence-electron chi connectivity index (χ2n) is 1.74. The molecule has 0 unspecified atom stereocenters. The number of anilines is 1. The van der Waals surface area contributed by atoms with Crippen LogP contribution < -0.4 is 5.32 Å². The van der Waals surface area contributed by atoms with E-state index in [9.17, 15) is 0 Å². The number of aromatic amines is 1. The summed E-state index contributed by atoms with van der Waals surface area (Å²) < 4.78 is 0. The molecule has 0 bridgehead atoms. The van der Waals surface area contributed by atoms with E-state index in [1.807, 2.05) is 14.0 Å². The van der Waals surface area contributed by atoms with Crippen molar-refractivity contribution in [1.29, 1.82) is 0 Å². The van der Waals surface area contributed by atoms with Gasteiger partial charge in [-0.3, -0.25) is 0 Å². The molecule has 0 atom stereocenters. The van der Waals surface area contributed by atoms with Crippen LogP contribution in [0.25, 0.3) is 0 Å². The van der Waals surface area contributed by atoms with Gasteiger partial charge in [-0.15, -0.1) is 0 Å². The van der Waals surface area contributed by atoms with Gasteiger partial charge in [0.05, 0.1) is 6.33 Å². The zero-order chi connectivity index (χ0) is 7.40. The number of nitrogens with zero attached hydrogens (tertiary/aromatic N) is 2. The van der Waals surface area contributed by atoms with E-state index in [0.717, 1.165) is 5.82 Å². The number of hydrogen-bond acceptors (Lipinski definition) is 3. The highest BCUT2D eigenvalue weighted by Gasteiger charge is 1.97. The van der Waals surface area contributed by atoms with Crippen LogP contribution in [0.5, 0.6) is 0 Å². The summed E-state index contributed by atoms with van der Waals surface area (Å²) in [5.41, 5.74) is 0. The highest BCUT2D eigenvalue weighted by Crippen LogP contribution is 2.16. The molecule has 0 fully saturated rings. The third-order valence-corrected chi connectivity index (χ3v) is 1.12. The van der Waals surface area contributed by atoms with Crippen LogP contribution in [0.2, 0.25) is 0 Å². The quantitative estimate of drug-likeness (QED) is 0.603. The van der Waals surface area contributed by atoms with Crippen molar-refractivity contribution in [3.05, 3.63) is 6.33 Å². The number of hydrogen-bond donors (Lipinski definition) is 2. The number of nitrogens with one attached hydrogen (secondary N) is 2. The molecule has 1 aromatic heterocycles. The minimum absolute atomic E-state index is 0.699. The third-order valence-electron chi connectivity index (χ3n) is 1.12. The lowest BCUT2D eigenvalue weighted by Gasteiger charge is -1.92. The highest BCUT2D eigenvalue weighted by molar-refractivity contribution is 5.65. The highest BCUT2D eigenvalue weighted by atomic mass is 15.1. The standard InChI is InChI=1S/C6H10N4/c1-3-8-6-5(7-2)9-4-10-6/h3-4,7H,1-2H3,(H,9,10)/b8-3-. The molecule has 0 aromatic carbocycles. The predicted molar refractivity (Wildman–Crippen MR) is 42.0 cm³/mol. The lowest BCUT2D eigenvalue weighted by molar-refractivity contribution is 1.30. The van der Waals surface area contributed by atoms with Gasteiger partial charge in [-0.25, -0.2) is 9.98 Å². The van der Waals surface area contributed by atoms with Crippen LogP contribution in [-0.2, 0) is 0 Å². The van der Waals surface area contributed by atoms with Gasteiger partial charge in [0.25, 0.3) is 0 Å². The minimum atomic E-state index is 0.699. The van der Waals surface area contributed by atoms with Crippen LogP contribution in [0.1, 0.15) is 6.92 Å². The summed E-state index contributed by atoms with van der Waals surface area (Å²) in [6.07, 6.45) is 3.31. The summed E-state index contributed by atoms with van der Waals surface area (Å²) in [5, 5.41) is 2.93. The van der Waals surface area contributed by atoms with Crippen LogP contribution in [0, 0.1) is 0 Å². The van der Waals surface area contributed by atoms with Gasteiger partial charge in [-0.2, -0.15) is 0 Å². The molecule has 0 aliphatic heterocycles. The number of aromatic nitrogens is 2. The van der Waals surface area contributed by atoms with Crippen LogP contribution in [0.4, 0.5) is 11.6 Å². The van der Waals surface area contributed by atoms with E-state index < -0.39 is 0 Å². The minimum Gasteiger partial charge on any atom is -0.372 e. The van der Waals surface area contributed by atoms with E-state index in [4.69, 9.17) is 0 Å². The summed E-state index contributed by atoms with van der Waals surface area (Å²) in [5.74, 6) is 1.54. The smallest absolute Gasteiger partial charge is 0.194 e. The van der Waals surface area contributed by atoms with Gasteiger partial charge in [0.15, 0.2) is 5.82 Å². The first-order chi connectivity index (χ1) is 4.88. The maximum atomic E-state index is 4.01. The average molecular weight is 138 g/mol. The van der Waals surface area contributed by atoms with E-state index in [2.05, 4.69) is 20.3 Å². The number of rotatable bonds is 2. The average Bonchev–Trinajstić information content (AvgIpc) is 2.36. The Hall–Kier alpha value is -1.32. The third kappa shape index (κ3) is 1.15. The molecule has 0 aliphatic carbocycles. The Morgan fingerprint density at radius 1 is 1.80 bits per heavy atom. The van der Waals surface area contributed by atoms with Gasteiger partial charge in [0.1, 0.15) is 5.82 Å². The van der Waals surface area contributed by atoms with Gasteiger partial charge < -0.3 is 10.3 Å². The molecule has 10 heavy (non-hydrogen) atoms. The number of imidazole rings is 1. The van der Waals surface area contributed by atoms with E-state index in [-0.39, 0.29) is 0 Å². The van der Waals surface area contributed by atoms with Gasteiger partial charge in [-0.05, 0) is 6.92 Å².